The van der Waals surface area contributed by atoms with Gasteiger partial charge in [-0.25, -0.2) is 4.90 Å². The molecule has 162 valence electrons. The average molecular weight is 422 g/mol. The molecule has 1 heterocycles. The Morgan fingerprint density at radius 1 is 1.27 bits per heavy atom. The van der Waals surface area contributed by atoms with Crippen LogP contribution in [-0.4, -0.2) is 30.1 Å². The molecule has 0 bridgehead atoms. The summed E-state index contributed by atoms with van der Waals surface area (Å²) in [5, 5.41) is 0. The first-order valence-electron chi connectivity index (χ1n) is 9.61. The molecule has 0 saturated heterocycles. The minimum absolute atomic E-state index is 0.0368. The molecule has 0 radical (unpaired) electrons. The predicted octanol–water partition coefficient (Wildman–Crippen LogP) is 4.65. The van der Waals surface area contributed by atoms with Crippen LogP contribution in [0.4, 0.5) is 18.9 Å². The Kier molecular flexibility index (Phi) is 5.58. The maximum absolute atomic E-state index is 13.5. The summed E-state index contributed by atoms with van der Waals surface area (Å²) in [7, 11) is 2.70. The number of hydrogen-bond acceptors (Lipinski definition) is 3. The third kappa shape index (κ3) is 3.76. The lowest BCUT2D eigenvalue weighted by Gasteiger charge is -2.26. The number of nitrogens with zero attached hydrogens (tertiary/aromatic N) is 2. The lowest BCUT2D eigenvalue weighted by molar-refractivity contribution is -0.138. The number of carbonyl (C=O) groups is 2. The summed E-state index contributed by atoms with van der Waals surface area (Å²) >= 11 is 0. The van der Waals surface area contributed by atoms with E-state index < -0.39 is 35.7 Å². The fraction of sp³-hybridized carbons (Fsp3) is 0.455. The highest BCUT2D eigenvalue weighted by molar-refractivity contribution is 6.22. The first-order valence-corrected chi connectivity index (χ1v) is 9.61. The van der Waals surface area contributed by atoms with Gasteiger partial charge in [-0.3, -0.25) is 9.59 Å². The number of amides is 2. The maximum Gasteiger partial charge on any atom is 0.418 e. The molecule has 1 aromatic heterocycles. The Labute approximate surface area is 173 Å². The minimum atomic E-state index is -4.73. The quantitative estimate of drug-likeness (QED) is 0.721. The highest BCUT2D eigenvalue weighted by Gasteiger charge is 2.42. The predicted molar refractivity (Wildman–Crippen MR) is 107 cm³/mol. The van der Waals surface area contributed by atoms with Gasteiger partial charge in [0.1, 0.15) is 6.61 Å². The second kappa shape index (κ2) is 7.58. The second-order valence-corrected chi connectivity index (χ2v) is 8.44. The van der Waals surface area contributed by atoms with Crippen molar-refractivity contribution < 1.29 is 27.5 Å². The Balaban J connectivity index is 2.20. The van der Waals surface area contributed by atoms with Crippen LogP contribution in [0, 0.1) is 0 Å². The summed E-state index contributed by atoms with van der Waals surface area (Å²) in [6, 6.07) is 5.28. The van der Waals surface area contributed by atoms with Gasteiger partial charge >= 0.3 is 6.18 Å². The molecule has 30 heavy (non-hydrogen) atoms. The number of carbonyl (C=O) groups excluding carboxylic acids is 2. The van der Waals surface area contributed by atoms with Crippen molar-refractivity contribution in [3.8, 4) is 0 Å². The number of methoxy groups -OCH3 is 1. The largest absolute Gasteiger partial charge is 0.418 e. The fourth-order valence-electron chi connectivity index (χ4n) is 4.48. The lowest BCUT2D eigenvalue weighted by atomic mass is 9.86. The first kappa shape index (κ1) is 22.1. The SMILES string of the molecule is COCC(=O)N(C(=O)c1cn(C)cc1C(F)(F)F)c1cccc2c1C(C)CC2(C)C. The van der Waals surface area contributed by atoms with E-state index in [1.807, 2.05) is 13.0 Å². The van der Waals surface area contributed by atoms with Crippen LogP contribution in [0.2, 0.25) is 0 Å². The van der Waals surface area contributed by atoms with Crippen LogP contribution in [0.1, 0.15) is 60.2 Å². The Hall–Kier alpha value is -2.61. The van der Waals surface area contributed by atoms with Crippen LogP contribution < -0.4 is 4.90 Å². The number of ether oxygens (including phenoxy) is 1. The van der Waals surface area contributed by atoms with Gasteiger partial charge < -0.3 is 9.30 Å². The van der Waals surface area contributed by atoms with E-state index in [2.05, 4.69) is 13.8 Å². The molecule has 1 unspecified atom stereocenters. The van der Waals surface area contributed by atoms with Crippen LogP contribution in [0.15, 0.2) is 30.6 Å². The van der Waals surface area contributed by atoms with E-state index in [1.165, 1.54) is 14.2 Å². The van der Waals surface area contributed by atoms with Crippen molar-refractivity contribution in [1.82, 2.24) is 4.57 Å². The van der Waals surface area contributed by atoms with E-state index >= 15 is 0 Å². The number of aromatic nitrogens is 1. The zero-order valence-electron chi connectivity index (χ0n) is 17.6. The van der Waals surface area contributed by atoms with Gasteiger partial charge in [-0.2, -0.15) is 13.2 Å². The number of aryl methyl sites for hydroxylation is 1. The number of alkyl halides is 3. The van der Waals surface area contributed by atoms with E-state index in [9.17, 15) is 22.8 Å². The number of rotatable bonds is 4. The molecule has 1 aliphatic carbocycles. The van der Waals surface area contributed by atoms with E-state index in [0.717, 1.165) is 39.4 Å². The number of hydrogen-bond donors (Lipinski definition) is 0. The smallest absolute Gasteiger partial charge is 0.375 e. The molecule has 0 N–H and O–H groups in total. The third-order valence-electron chi connectivity index (χ3n) is 5.57. The molecule has 0 saturated carbocycles. The number of halogens is 3. The van der Waals surface area contributed by atoms with Crippen LogP contribution in [0.5, 0.6) is 0 Å². The maximum atomic E-state index is 13.5. The van der Waals surface area contributed by atoms with E-state index in [0.29, 0.717) is 5.69 Å². The second-order valence-electron chi connectivity index (χ2n) is 8.44. The number of fused-ring (bicyclic) bond motifs is 1. The van der Waals surface area contributed by atoms with Crippen LogP contribution in [0.25, 0.3) is 0 Å². The van der Waals surface area contributed by atoms with Crippen LogP contribution in [-0.2, 0) is 28.2 Å². The molecule has 0 spiro atoms. The molecule has 2 amide bonds. The summed E-state index contributed by atoms with van der Waals surface area (Å²) in [6.45, 7) is 5.70. The van der Waals surface area contributed by atoms with Crippen LogP contribution >= 0.6 is 0 Å². The molecule has 5 nitrogen and oxygen atoms in total. The average Bonchev–Trinajstić information content (AvgIpc) is 3.13. The van der Waals surface area contributed by atoms with E-state index in [1.54, 1.807) is 12.1 Å². The van der Waals surface area contributed by atoms with Crippen molar-refractivity contribution in [1.29, 1.82) is 0 Å². The topological polar surface area (TPSA) is 51.5 Å². The number of imide groups is 1. The fourth-order valence-corrected chi connectivity index (χ4v) is 4.48. The highest BCUT2D eigenvalue weighted by Crippen LogP contribution is 2.49. The minimum Gasteiger partial charge on any atom is -0.375 e. The summed E-state index contributed by atoms with van der Waals surface area (Å²) in [5.41, 5.74) is 0.287. The monoisotopic (exact) mass is 422 g/mol. The zero-order chi connectivity index (χ0) is 22.4. The molecule has 1 aliphatic rings. The summed E-state index contributed by atoms with van der Waals surface area (Å²) in [6.07, 6.45) is -1.99. The van der Waals surface area contributed by atoms with Crippen molar-refractivity contribution in [3.05, 3.63) is 52.8 Å². The normalized spacial score (nSPS) is 17.7. The summed E-state index contributed by atoms with van der Waals surface area (Å²) < 4.78 is 46.7. The van der Waals surface area contributed by atoms with E-state index in [-0.39, 0.29) is 11.3 Å². The molecular weight excluding hydrogens is 397 g/mol. The van der Waals surface area contributed by atoms with Crippen molar-refractivity contribution in [2.24, 2.45) is 7.05 Å². The van der Waals surface area contributed by atoms with E-state index in [4.69, 9.17) is 4.74 Å². The molecule has 0 aliphatic heterocycles. The van der Waals surface area contributed by atoms with Gasteiger partial charge in [-0.1, -0.05) is 32.9 Å². The van der Waals surface area contributed by atoms with Gasteiger partial charge in [0, 0.05) is 26.6 Å². The van der Waals surface area contributed by atoms with Gasteiger partial charge in [-0.05, 0) is 34.9 Å². The molecular formula is C22H25F3N2O3. The lowest BCUT2D eigenvalue weighted by Crippen LogP contribution is -2.40. The highest BCUT2D eigenvalue weighted by atomic mass is 19.4. The van der Waals surface area contributed by atoms with Crippen molar-refractivity contribution in [3.63, 3.8) is 0 Å². The van der Waals surface area contributed by atoms with Crippen molar-refractivity contribution >= 4 is 17.5 Å². The molecule has 1 atom stereocenters. The third-order valence-corrected chi connectivity index (χ3v) is 5.57. The molecule has 8 heteroatoms. The number of anilines is 1. The standard InChI is InChI=1S/C22H25F3N2O3/c1-13-9-21(2,3)15-7-6-8-17(19(13)15)27(18(28)12-30-5)20(29)14-10-26(4)11-16(14)22(23,24)25/h6-8,10-11,13H,9,12H2,1-5H3. The number of benzene rings is 1. The zero-order valence-corrected chi connectivity index (χ0v) is 17.6. The Bertz CT molecular complexity index is 992. The summed E-state index contributed by atoms with van der Waals surface area (Å²) in [4.78, 5) is 27.1. The van der Waals surface area contributed by atoms with Gasteiger partial charge in [0.15, 0.2) is 0 Å². The molecule has 2 aromatic rings. The Morgan fingerprint density at radius 2 is 1.93 bits per heavy atom. The molecule has 3 rings (SSSR count). The van der Waals surface area contributed by atoms with Crippen LogP contribution in [0.3, 0.4) is 0 Å². The van der Waals surface area contributed by atoms with Gasteiger partial charge in [-0.15, -0.1) is 0 Å². The Morgan fingerprint density at radius 3 is 2.53 bits per heavy atom. The van der Waals surface area contributed by atoms with Crippen molar-refractivity contribution in [2.75, 3.05) is 18.6 Å². The summed E-state index contributed by atoms with van der Waals surface area (Å²) in [5.74, 6) is -1.70. The van der Waals surface area contributed by atoms with Gasteiger partial charge in [0.05, 0.1) is 16.8 Å². The molecule has 1 aromatic carbocycles. The molecule has 0 fully saturated rings. The van der Waals surface area contributed by atoms with Gasteiger partial charge in [0.25, 0.3) is 11.8 Å². The van der Waals surface area contributed by atoms with Crippen molar-refractivity contribution in [2.45, 2.75) is 44.7 Å². The first-order chi connectivity index (χ1) is 13.9. The van der Waals surface area contributed by atoms with Gasteiger partial charge in [0.2, 0.25) is 0 Å².